The first-order chi connectivity index (χ1) is 13.0. The number of aryl methyl sites for hydroxylation is 2. The third kappa shape index (κ3) is 3.82. The minimum atomic E-state index is -3.94. The summed E-state index contributed by atoms with van der Waals surface area (Å²) in [5, 5.41) is 0. The third-order valence-corrected chi connectivity index (χ3v) is 8.55. The summed E-state index contributed by atoms with van der Waals surface area (Å²) in [6.45, 7) is 2.75. The molecule has 1 aliphatic rings. The SMILES string of the molecule is Cc1ccc(S(=O)(=O)N2CCN(S(=O)(=O)c3ccc(C)c(F)c3)CC2)cc1F. The van der Waals surface area contributed by atoms with Crippen LogP contribution in [0.3, 0.4) is 0 Å². The number of nitrogens with zero attached hydrogens (tertiary/aromatic N) is 2. The van der Waals surface area contributed by atoms with Gasteiger partial charge in [-0.25, -0.2) is 25.6 Å². The van der Waals surface area contributed by atoms with Crippen molar-refractivity contribution in [1.29, 1.82) is 0 Å². The van der Waals surface area contributed by atoms with Crippen LogP contribution in [-0.2, 0) is 20.0 Å². The van der Waals surface area contributed by atoms with Crippen molar-refractivity contribution < 1.29 is 25.6 Å². The summed E-state index contributed by atoms with van der Waals surface area (Å²) in [5.74, 6) is -1.24. The van der Waals surface area contributed by atoms with E-state index in [-0.39, 0.29) is 36.0 Å². The zero-order chi connectivity index (χ0) is 20.7. The maximum Gasteiger partial charge on any atom is 0.243 e. The largest absolute Gasteiger partial charge is 0.243 e. The van der Waals surface area contributed by atoms with Crippen LogP contribution in [0.5, 0.6) is 0 Å². The van der Waals surface area contributed by atoms with Crippen molar-refractivity contribution in [3.8, 4) is 0 Å². The molecule has 10 heteroatoms. The van der Waals surface area contributed by atoms with Gasteiger partial charge in [-0.2, -0.15) is 8.61 Å². The van der Waals surface area contributed by atoms with Crippen LogP contribution in [0.1, 0.15) is 11.1 Å². The van der Waals surface area contributed by atoms with Gasteiger partial charge in [-0.05, 0) is 49.2 Å². The highest BCUT2D eigenvalue weighted by molar-refractivity contribution is 7.89. The Labute approximate surface area is 163 Å². The molecule has 0 aromatic heterocycles. The van der Waals surface area contributed by atoms with Crippen LogP contribution in [0.25, 0.3) is 0 Å². The summed E-state index contributed by atoms with van der Waals surface area (Å²) >= 11 is 0. The Balaban J connectivity index is 1.78. The van der Waals surface area contributed by atoms with Crippen molar-refractivity contribution >= 4 is 20.0 Å². The average molecular weight is 430 g/mol. The summed E-state index contributed by atoms with van der Waals surface area (Å²) in [5.41, 5.74) is 0.667. The van der Waals surface area contributed by atoms with Crippen molar-refractivity contribution in [1.82, 2.24) is 8.61 Å². The van der Waals surface area contributed by atoms with E-state index < -0.39 is 31.7 Å². The first-order valence-electron chi connectivity index (χ1n) is 8.56. The topological polar surface area (TPSA) is 74.8 Å². The van der Waals surface area contributed by atoms with Crippen LogP contribution in [-0.4, -0.2) is 51.6 Å². The molecule has 6 nitrogen and oxygen atoms in total. The Bertz CT molecular complexity index is 1020. The van der Waals surface area contributed by atoms with Crippen molar-refractivity contribution in [2.75, 3.05) is 26.2 Å². The second kappa shape index (κ2) is 7.51. The van der Waals surface area contributed by atoms with Crippen LogP contribution in [0.4, 0.5) is 8.78 Å². The average Bonchev–Trinajstić information content (AvgIpc) is 2.66. The van der Waals surface area contributed by atoms with E-state index in [0.717, 1.165) is 20.7 Å². The maximum atomic E-state index is 13.7. The molecule has 0 aliphatic carbocycles. The van der Waals surface area contributed by atoms with Gasteiger partial charge in [0.15, 0.2) is 0 Å². The molecule has 0 atom stereocenters. The van der Waals surface area contributed by atoms with Crippen LogP contribution >= 0.6 is 0 Å². The fraction of sp³-hybridized carbons (Fsp3) is 0.333. The maximum absolute atomic E-state index is 13.7. The monoisotopic (exact) mass is 430 g/mol. The van der Waals surface area contributed by atoms with Crippen LogP contribution in [0.2, 0.25) is 0 Å². The molecule has 0 spiro atoms. The molecule has 0 unspecified atom stereocenters. The van der Waals surface area contributed by atoms with Gasteiger partial charge in [0.2, 0.25) is 20.0 Å². The van der Waals surface area contributed by atoms with E-state index in [2.05, 4.69) is 0 Å². The summed E-state index contributed by atoms with van der Waals surface area (Å²) in [4.78, 5) is -0.347. The number of piperazine rings is 1. The van der Waals surface area contributed by atoms with Gasteiger partial charge in [0.05, 0.1) is 9.79 Å². The van der Waals surface area contributed by atoms with E-state index in [1.165, 1.54) is 38.1 Å². The van der Waals surface area contributed by atoms with Crippen molar-refractivity contribution in [3.05, 3.63) is 59.2 Å². The fourth-order valence-electron chi connectivity index (χ4n) is 2.92. The lowest BCUT2D eigenvalue weighted by molar-refractivity contribution is 0.272. The van der Waals surface area contributed by atoms with Crippen LogP contribution < -0.4 is 0 Å². The van der Waals surface area contributed by atoms with Gasteiger partial charge in [-0.15, -0.1) is 0 Å². The highest BCUT2D eigenvalue weighted by Crippen LogP contribution is 2.24. The summed E-state index contributed by atoms with van der Waals surface area (Å²) in [6.07, 6.45) is 0. The molecule has 0 amide bonds. The molecule has 152 valence electrons. The van der Waals surface area contributed by atoms with Crippen molar-refractivity contribution in [2.45, 2.75) is 23.6 Å². The summed E-state index contributed by atoms with van der Waals surface area (Å²) < 4.78 is 80.5. The number of benzene rings is 2. The molecule has 28 heavy (non-hydrogen) atoms. The Morgan fingerprint density at radius 2 is 1.00 bits per heavy atom. The number of halogens is 2. The molecular formula is C18H20F2N2O4S2. The molecule has 0 bridgehead atoms. The Hall–Kier alpha value is -1.88. The zero-order valence-corrected chi connectivity index (χ0v) is 17.0. The molecule has 3 rings (SSSR count). The highest BCUT2D eigenvalue weighted by atomic mass is 32.2. The lowest BCUT2D eigenvalue weighted by Gasteiger charge is -2.33. The van der Waals surface area contributed by atoms with Crippen molar-refractivity contribution in [2.24, 2.45) is 0 Å². The van der Waals surface area contributed by atoms with Gasteiger partial charge in [0.25, 0.3) is 0 Å². The van der Waals surface area contributed by atoms with E-state index >= 15 is 0 Å². The smallest absolute Gasteiger partial charge is 0.207 e. The number of hydrogen-bond acceptors (Lipinski definition) is 4. The summed E-state index contributed by atoms with van der Waals surface area (Å²) in [6, 6.07) is 7.34. The third-order valence-electron chi connectivity index (χ3n) is 4.76. The number of sulfonamides is 2. The predicted octanol–water partition coefficient (Wildman–Crippen LogP) is 2.28. The Morgan fingerprint density at radius 3 is 1.29 bits per heavy atom. The summed E-state index contributed by atoms with van der Waals surface area (Å²) in [7, 11) is -7.87. The van der Waals surface area contributed by atoms with Gasteiger partial charge < -0.3 is 0 Å². The second-order valence-electron chi connectivity index (χ2n) is 6.63. The van der Waals surface area contributed by atoms with E-state index in [1.54, 1.807) is 0 Å². The van der Waals surface area contributed by atoms with Gasteiger partial charge in [0, 0.05) is 26.2 Å². The molecule has 0 saturated carbocycles. The molecule has 1 saturated heterocycles. The van der Waals surface area contributed by atoms with E-state index in [0.29, 0.717) is 11.1 Å². The molecule has 1 fully saturated rings. The first kappa shape index (κ1) is 20.8. The quantitative estimate of drug-likeness (QED) is 0.746. The molecule has 1 heterocycles. The van der Waals surface area contributed by atoms with Gasteiger partial charge in [-0.3, -0.25) is 0 Å². The molecule has 1 aliphatic heterocycles. The molecule has 2 aromatic rings. The van der Waals surface area contributed by atoms with Gasteiger partial charge in [-0.1, -0.05) is 12.1 Å². The fourth-order valence-corrected chi connectivity index (χ4v) is 5.79. The molecule has 0 N–H and O–H groups in total. The minimum Gasteiger partial charge on any atom is -0.207 e. The van der Waals surface area contributed by atoms with E-state index in [4.69, 9.17) is 0 Å². The van der Waals surface area contributed by atoms with E-state index in [1.807, 2.05) is 0 Å². The zero-order valence-electron chi connectivity index (χ0n) is 15.4. The highest BCUT2D eigenvalue weighted by Gasteiger charge is 2.34. The molecule has 0 radical (unpaired) electrons. The second-order valence-corrected chi connectivity index (χ2v) is 10.5. The minimum absolute atomic E-state index is 0.0780. The Kier molecular flexibility index (Phi) is 5.59. The van der Waals surface area contributed by atoms with Gasteiger partial charge in [0.1, 0.15) is 11.6 Å². The predicted molar refractivity (Wildman–Crippen MR) is 99.8 cm³/mol. The normalized spacial score (nSPS) is 17.0. The van der Waals surface area contributed by atoms with Gasteiger partial charge >= 0.3 is 0 Å². The lowest BCUT2D eigenvalue weighted by atomic mass is 10.2. The number of hydrogen-bond donors (Lipinski definition) is 0. The van der Waals surface area contributed by atoms with Crippen LogP contribution in [0.15, 0.2) is 46.2 Å². The lowest BCUT2D eigenvalue weighted by Crippen LogP contribution is -2.50. The van der Waals surface area contributed by atoms with Crippen molar-refractivity contribution in [3.63, 3.8) is 0 Å². The first-order valence-corrected chi connectivity index (χ1v) is 11.4. The molecule has 2 aromatic carbocycles. The Morgan fingerprint density at radius 1 is 0.679 bits per heavy atom. The van der Waals surface area contributed by atoms with Crippen LogP contribution in [0, 0.1) is 25.5 Å². The number of rotatable bonds is 4. The van der Waals surface area contributed by atoms with E-state index in [9.17, 15) is 25.6 Å². The molecular weight excluding hydrogens is 410 g/mol. The standard InChI is InChI=1S/C18H20F2N2O4S2/c1-13-3-5-15(11-17(13)19)27(23,24)21-7-9-22(10-8-21)28(25,26)16-6-4-14(2)18(20)12-16/h3-6,11-12H,7-10H2,1-2H3.